The Morgan fingerprint density at radius 2 is 1.96 bits per heavy atom. The minimum atomic E-state index is -1.11. The third-order valence-electron chi connectivity index (χ3n) is 3.51. The molecule has 0 bridgehead atoms. The van der Waals surface area contributed by atoms with E-state index in [2.05, 4.69) is 10.6 Å². The number of hydrogen-bond donors (Lipinski definition) is 3. The lowest BCUT2D eigenvalue weighted by Crippen LogP contribution is -2.47. The summed E-state index contributed by atoms with van der Waals surface area (Å²) in [4.78, 5) is 35.0. The van der Waals surface area contributed by atoms with Crippen LogP contribution in [0.25, 0.3) is 0 Å². The van der Waals surface area contributed by atoms with Crippen molar-refractivity contribution in [3.63, 3.8) is 0 Å². The van der Waals surface area contributed by atoms with Crippen LogP contribution < -0.4 is 15.4 Å². The number of ether oxygens (including phenoxy) is 1. The molecule has 23 heavy (non-hydrogen) atoms. The van der Waals surface area contributed by atoms with Gasteiger partial charge in [-0.3, -0.25) is 4.79 Å². The number of carbonyl (C=O) groups is 3. The van der Waals surface area contributed by atoms with Crippen LogP contribution in [0.15, 0.2) is 24.3 Å². The third-order valence-corrected chi connectivity index (χ3v) is 3.51. The quantitative estimate of drug-likeness (QED) is 0.628. The Hall–Kier alpha value is -2.61. The normalized spacial score (nSPS) is 15.6. The van der Waals surface area contributed by atoms with Gasteiger partial charge in [0.05, 0.1) is 0 Å². The summed E-state index contributed by atoms with van der Waals surface area (Å²) in [6.07, 6.45) is 0.118. The number of nitrogens with one attached hydrogen (secondary N) is 2. The van der Waals surface area contributed by atoms with Crippen LogP contribution in [-0.2, 0) is 16.0 Å². The summed E-state index contributed by atoms with van der Waals surface area (Å²) in [7, 11) is 0. The fourth-order valence-electron chi connectivity index (χ4n) is 2.24. The maximum atomic E-state index is 12.0. The van der Waals surface area contributed by atoms with Crippen LogP contribution in [0.3, 0.4) is 0 Å². The van der Waals surface area contributed by atoms with E-state index >= 15 is 0 Å². The summed E-state index contributed by atoms with van der Waals surface area (Å²) in [6.45, 7) is 2.70. The van der Waals surface area contributed by atoms with E-state index in [4.69, 9.17) is 9.84 Å². The zero-order chi connectivity index (χ0) is 16.7. The summed E-state index contributed by atoms with van der Waals surface area (Å²) in [5, 5.41) is 14.4. The highest BCUT2D eigenvalue weighted by atomic mass is 16.6. The van der Waals surface area contributed by atoms with Crippen LogP contribution in [0, 0.1) is 0 Å². The van der Waals surface area contributed by atoms with E-state index in [1.165, 1.54) is 0 Å². The lowest BCUT2D eigenvalue weighted by Gasteiger charge is -2.26. The van der Waals surface area contributed by atoms with Gasteiger partial charge in [-0.15, -0.1) is 0 Å². The molecule has 0 saturated carbocycles. The second-order valence-corrected chi connectivity index (χ2v) is 5.13. The number of carbonyl (C=O) groups excluding carboxylic acids is 2. The number of benzene rings is 1. The van der Waals surface area contributed by atoms with Gasteiger partial charge in [0.25, 0.3) is 0 Å². The van der Waals surface area contributed by atoms with E-state index in [0.29, 0.717) is 30.8 Å². The van der Waals surface area contributed by atoms with Crippen molar-refractivity contribution in [1.29, 1.82) is 0 Å². The standard InChI is InChI=1S/C15H19N3O5/c19-10-17-13(14(20)21)9-11-1-3-12(4-2-11)23-15(22)18-7-5-16-6-8-18/h1-4,10,13,16H,5-9H2,(H,17,19)(H,20,21)/t13-/m0/s1. The number of carboxylic acid groups (broad SMARTS) is 1. The monoisotopic (exact) mass is 321 g/mol. The molecule has 2 amide bonds. The van der Waals surface area contributed by atoms with E-state index in [1.807, 2.05) is 0 Å². The Morgan fingerprint density at radius 3 is 2.52 bits per heavy atom. The number of piperazine rings is 1. The van der Waals surface area contributed by atoms with Gasteiger partial charge in [-0.05, 0) is 17.7 Å². The summed E-state index contributed by atoms with van der Waals surface area (Å²) in [5.74, 6) is -0.709. The zero-order valence-electron chi connectivity index (χ0n) is 12.5. The predicted molar refractivity (Wildman–Crippen MR) is 81.2 cm³/mol. The van der Waals surface area contributed by atoms with E-state index in [-0.39, 0.29) is 6.42 Å². The van der Waals surface area contributed by atoms with Gasteiger partial charge in [0.2, 0.25) is 6.41 Å². The molecule has 8 heteroatoms. The summed E-state index contributed by atoms with van der Waals surface area (Å²) in [5.41, 5.74) is 0.716. The number of amides is 2. The molecule has 1 atom stereocenters. The molecule has 0 aromatic heterocycles. The Labute approximate surface area is 133 Å². The Bertz CT molecular complexity index is 555. The van der Waals surface area contributed by atoms with Crippen LogP contribution in [0.5, 0.6) is 5.75 Å². The molecular formula is C15H19N3O5. The van der Waals surface area contributed by atoms with Gasteiger partial charge in [0.1, 0.15) is 11.8 Å². The van der Waals surface area contributed by atoms with Gasteiger partial charge in [-0.1, -0.05) is 12.1 Å². The highest BCUT2D eigenvalue weighted by Crippen LogP contribution is 2.15. The highest BCUT2D eigenvalue weighted by Gasteiger charge is 2.19. The molecular weight excluding hydrogens is 302 g/mol. The van der Waals surface area contributed by atoms with Crippen molar-refractivity contribution in [2.45, 2.75) is 12.5 Å². The van der Waals surface area contributed by atoms with Gasteiger partial charge in [0.15, 0.2) is 0 Å². The summed E-state index contributed by atoms with van der Waals surface area (Å²) < 4.78 is 5.28. The minimum absolute atomic E-state index is 0.153. The Morgan fingerprint density at radius 1 is 1.30 bits per heavy atom. The molecule has 0 spiro atoms. The second kappa shape index (κ2) is 8.14. The maximum Gasteiger partial charge on any atom is 0.415 e. The fraction of sp³-hybridized carbons (Fsp3) is 0.400. The van der Waals surface area contributed by atoms with Gasteiger partial charge >= 0.3 is 12.1 Å². The summed E-state index contributed by atoms with van der Waals surface area (Å²) in [6, 6.07) is 5.57. The van der Waals surface area contributed by atoms with Crippen molar-refractivity contribution in [1.82, 2.24) is 15.5 Å². The van der Waals surface area contributed by atoms with Gasteiger partial charge < -0.3 is 25.4 Å². The van der Waals surface area contributed by atoms with Crippen molar-refractivity contribution in [3.8, 4) is 5.75 Å². The molecule has 1 aromatic rings. The van der Waals surface area contributed by atoms with Crippen molar-refractivity contribution >= 4 is 18.5 Å². The first-order chi connectivity index (χ1) is 11.1. The number of carboxylic acids is 1. The van der Waals surface area contributed by atoms with Crippen molar-refractivity contribution in [2.24, 2.45) is 0 Å². The lowest BCUT2D eigenvalue weighted by atomic mass is 10.1. The third kappa shape index (κ3) is 4.96. The molecule has 8 nitrogen and oxygen atoms in total. The molecule has 0 aliphatic carbocycles. The second-order valence-electron chi connectivity index (χ2n) is 5.13. The Kier molecular flexibility index (Phi) is 5.93. The first-order valence-electron chi connectivity index (χ1n) is 7.29. The molecule has 1 aliphatic rings. The number of aliphatic carboxylic acids is 1. The van der Waals surface area contributed by atoms with E-state index < -0.39 is 18.1 Å². The molecule has 3 N–H and O–H groups in total. The fourth-order valence-corrected chi connectivity index (χ4v) is 2.24. The largest absolute Gasteiger partial charge is 0.480 e. The van der Waals surface area contributed by atoms with Crippen LogP contribution >= 0.6 is 0 Å². The minimum Gasteiger partial charge on any atom is -0.480 e. The SMILES string of the molecule is O=CN[C@@H](Cc1ccc(OC(=O)N2CCNCC2)cc1)C(=O)O. The Balaban J connectivity index is 1.92. The van der Waals surface area contributed by atoms with E-state index in [9.17, 15) is 14.4 Å². The number of hydrogen-bond acceptors (Lipinski definition) is 5. The smallest absolute Gasteiger partial charge is 0.415 e. The molecule has 0 unspecified atom stereocenters. The van der Waals surface area contributed by atoms with Crippen LogP contribution in [-0.4, -0.2) is 60.7 Å². The first kappa shape index (κ1) is 16.8. The average Bonchev–Trinajstić information content (AvgIpc) is 2.57. The van der Waals surface area contributed by atoms with Crippen LogP contribution in [0.4, 0.5) is 4.79 Å². The molecule has 1 aliphatic heterocycles. The van der Waals surface area contributed by atoms with Gasteiger partial charge in [0, 0.05) is 32.6 Å². The topological polar surface area (TPSA) is 108 Å². The van der Waals surface area contributed by atoms with Gasteiger partial charge in [-0.2, -0.15) is 0 Å². The van der Waals surface area contributed by atoms with Crippen molar-refractivity contribution in [2.75, 3.05) is 26.2 Å². The molecule has 1 saturated heterocycles. The molecule has 0 radical (unpaired) electrons. The maximum absolute atomic E-state index is 12.0. The van der Waals surface area contributed by atoms with E-state index in [0.717, 1.165) is 13.1 Å². The number of nitrogens with zero attached hydrogens (tertiary/aromatic N) is 1. The average molecular weight is 321 g/mol. The van der Waals surface area contributed by atoms with Crippen LogP contribution in [0.2, 0.25) is 0 Å². The number of rotatable bonds is 6. The molecule has 1 fully saturated rings. The summed E-state index contributed by atoms with van der Waals surface area (Å²) >= 11 is 0. The molecule has 1 aromatic carbocycles. The first-order valence-corrected chi connectivity index (χ1v) is 7.29. The van der Waals surface area contributed by atoms with Crippen LogP contribution in [0.1, 0.15) is 5.56 Å². The predicted octanol–water partition coefficient (Wildman–Crippen LogP) is -0.168. The lowest BCUT2D eigenvalue weighted by molar-refractivity contribution is -0.140. The molecule has 124 valence electrons. The molecule has 2 rings (SSSR count). The van der Waals surface area contributed by atoms with E-state index in [1.54, 1.807) is 29.2 Å². The molecule has 1 heterocycles. The highest BCUT2D eigenvalue weighted by molar-refractivity contribution is 5.76. The van der Waals surface area contributed by atoms with Gasteiger partial charge in [-0.25, -0.2) is 9.59 Å². The van der Waals surface area contributed by atoms with Crippen molar-refractivity contribution in [3.05, 3.63) is 29.8 Å². The van der Waals surface area contributed by atoms with Crippen molar-refractivity contribution < 1.29 is 24.2 Å². The zero-order valence-corrected chi connectivity index (χ0v) is 12.5.